The molecule has 2 amide bonds. The van der Waals surface area contributed by atoms with Gasteiger partial charge in [-0.25, -0.2) is 4.79 Å². The number of benzene rings is 2. The van der Waals surface area contributed by atoms with Crippen LogP contribution in [0, 0.1) is 0 Å². The number of esters is 1. The van der Waals surface area contributed by atoms with Crippen molar-refractivity contribution in [3.05, 3.63) is 82.3 Å². The molecule has 11 heteroatoms. The lowest BCUT2D eigenvalue weighted by atomic mass is 9.94. The number of aryl methyl sites for hydroxylation is 1. The molecule has 3 rings (SSSR count). The third-order valence-corrected chi connectivity index (χ3v) is 5.26. The van der Waals surface area contributed by atoms with Crippen LogP contribution in [0.4, 0.5) is 23.7 Å². The third kappa shape index (κ3) is 6.44. The van der Waals surface area contributed by atoms with Gasteiger partial charge in [0.15, 0.2) is 5.69 Å². The zero-order valence-corrected chi connectivity index (χ0v) is 19.4. The molecule has 0 aliphatic rings. The molecule has 3 aromatic rings. The number of amides is 2. The number of urea groups is 1. The number of hydrogen-bond donors (Lipinski definition) is 3. The van der Waals surface area contributed by atoms with Crippen LogP contribution in [-0.4, -0.2) is 28.3 Å². The Hall–Kier alpha value is -4.28. The van der Waals surface area contributed by atoms with Gasteiger partial charge in [0.05, 0.1) is 24.6 Å². The fourth-order valence-corrected chi connectivity index (χ4v) is 3.50. The highest BCUT2D eigenvalue weighted by Crippen LogP contribution is 2.35. The summed E-state index contributed by atoms with van der Waals surface area (Å²) in [6.07, 6.45) is -3.88. The Morgan fingerprint density at radius 2 is 1.78 bits per heavy atom. The fourth-order valence-electron chi connectivity index (χ4n) is 3.50. The molecule has 0 saturated carbocycles. The average molecular weight is 503 g/mol. The molecule has 0 spiro atoms. The summed E-state index contributed by atoms with van der Waals surface area (Å²) in [7, 11) is 1.40. The van der Waals surface area contributed by atoms with Crippen molar-refractivity contribution in [2.24, 2.45) is 7.05 Å². The smallest absolute Gasteiger partial charge is 0.416 e. The second-order valence-corrected chi connectivity index (χ2v) is 7.86. The minimum atomic E-state index is -4.70. The molecule has 1 heterocycles. The number of nitrogens with one attached hydrogen (secondary N) is 2. The van der Waals surface area contributed by atoms with E-state index in [0.717, 1.165) is 16.7 Å². The van der Waals surface area contributed by atoms with Crippen LogP contribution in [0.2, 0.25) is 0 Å². The number of halogens is 3. The number of rotatable bonds is 7. The van der Waals surface area contributed by atoms with Crippen LogP contribution in [0.3, 0.4) is 0 Å². The molecule has 0 saturated heterocycles. The second-order valence-electron chi connectivity index (χ2n) is 7.86. The number of aromatic nitrogens is 1. The van der Waals surface area contributed by atoms with Gasteiger partial charge < -0.3 is 25.0 Å². The quantitative estimate of drug-likeness (QED) is 0.409. The van der Waals surface area contributed by atoms with Gasteiger partial charge in [0, 0.05) is 13.2 Å². The van der Waals surface area contributed by atoms with Crippen molar-refractivity contribution in [3.63, 3.8) is 0 Å². The van der Waals surface area contributed by atoms with Gasteiger partial charge in [-0.3, -0.25) is 9.59 Å². The Kier molecular flexibility index (Phi) is 8.03. The number of anilines is 1. The summed E-state index contributed by atoms with van der Waals surface area (Å²) in [4.78, 5) is 37.2. The monoisotopic (exact) mass is 503 g/mol. The Morgan fingerprint density at radius 1 is 1.08 bits per heavy atom. The summed E-state index contributed by atoms with van der Waals surface area (Å²) in [6, 6.07) is 10.5. The Balaban J connectivity index is 2.02. The zero-order valence-electron chi connectivity index (χ0n) is 19.4. The molecule has 0 bridgehead atoms. The SMILES string of the molecule is CCOC(=O)C[C@H](NC(=O)Nc1c(O)ccn(C)c1=O)c1cc(-c2ccccc2)cc(C(F)(F)F)c1. The maximum absolute atomic E-state index is 13.7. The summed E-state index contributed by atoms with van der Waals surface area (Å²) >= 11 is 0. The van der Waals surface area contributed by atoms with E-state index in [4.69, 9.17) is 4.74 Å². The van der Waals surface area contributed by atoms with Crippen molar-refractivity contribution in [2.75, 3.05) is 11.9 Å². The van der Waals surface area contributed by atoms with Crippen molar-refractivity contribution in [1.82, 2.24) is 9.88 Å². The molecule has 1 atom stereocenters. The molecule has 0 unspecified atom stereocenters. The first-order chi connectivity index (χ1) is 17.0. The Labute approximate surface area is 204 Å². The molecule has 190 valence electrons. The number of carbonyl (C=O) groups is 2. The largest absolute Gasteiger partial charge is 0.505 e. The predicted molar refractivity (Wildman–Crippen MR) is 126 cm³/mol. The normalized spacial score (nSPS) is 12.0. The van der Waals surface area contributed by atoms with Crippen molar-refractivity contribution >= 4 is 17.7 Å². The first kappa shape index (κ1) is 26.3. The van der Waals surface area contributed by atoms with Crippen LogP contribution in [-0.2, 0) is 22.8 Å². The number of ether oxygens (including phenoxy) is 1. The van der Waals surface area contributed by atoms with E-state index in [1.165, 1.54) is 25.4 Å². The number of carbonyl (C=O) groups excluding carboxylic acids is 2. The summed E-state index contributed by atoms with van der Waals surface area (Å²) < 4.78 is 47.2. The fraction of sp³-hybridized carbons (Fsp3) is 0.240. The lowest BCUT2D eigenvalue weighted by molar-refractivity contribution is -0.143. The zero-order chi connectivity index (χ0) is 26.5. The van der Waals surface area contributed by atoms with Crippen molar-refractivity contribution in [1.29, 1.82) is 0 Å². The number of aromatic hydroxyl groups is 1. The van der Waals surface area contributed by atoms with E-state index in [1.807, 2.05) is 0 Å². The summed E-state index contributed by atoms with van der Waals surface area (Å²) in [5.41, 5.74) is -1.38. The number of alkyl halides is 3. The van der Waals surface area contributed by atoms with Gasteiger partial charge in [-0.15, -0.1) is 0 Å². The lowest BCUT2D eigenvalue weighted by Gasteiger charge is -2.21. The van der Waals surface area contributed by atoms with E-state index in [0.29, 0.717) is 5.56 Å². The number of pyridine rings is 1. The molecule has 0 radical (unpaired) electrons. The molecule has 3 N–H and O–H groups in total. The van der Waals surface area contributed by atoms with E-state index in [2.05, 4.69) is 10.6 Å². The van der Waals surface area contributed by atoms with Crippen molar-refractivity contribution in [3.8, 4) is 16.9 Å². The number of hydrogen-bond acceptors (Lipinski definition) is 5. The van der Waals surface area contributed by atoms with Crippen LogP contribution in [0.1, 0.15) is 30.5 Å². The van der Waals surface area contributed by atoms with Crippen molar-refractivity contribution in [2.45, 2.75) is 25.6 Å². The number of nitrogens with zero attached hydrogens (tertiary/aromatic N) is 1. The molecule has 2 aromatic carbocycles. The van der Waals surface area contributed by atoms with Gasteiger partial charge in [0.25, 0.3) is 5.56 Å². The lowest BCUT2D eigenvalue weighted by Crippen LogP contribution is -2.36. The molecule has 0 aliphatic carbocycles. The van der Waals surface area contributed by atoms with Crippen LogP contribution >= 0.6 is 0 Å². The molecule has 0 fully saturated rings. The first-order valence-electron chi connectivity index (χ1n) is 10.9. The van der Waals surface area contributed by atoms with Crippen LogP contribution in [0.25, 0.3) is 11.1 Å². The van der Waals surface area contributed by atoms with Gasteiger partial charge in [-0.05, 0) is 47.9 Å². The average Bonchev–Trinajstić information content (AvgIpc) is 2.83. The molecule has 0 aliphatic heterocycles. The highest BCUT2D eigenvalue weighted by molar-refractivity contribution is 5.91. The van der Waals surface area contributed by atoms with Crippen LogP contribution < -0.4 is 16.2 Å². The van der Waals surface area contributed by atoms with Gasteiger partial charge in [-0.2, -0.15) is 13.2 Å². The minimum absolute atomic E-state index is 0.00272. The summed E-state index contributed by atoms with van der Waals surface area (Å²) in [6.45, 7) is 1.60. The van der Waals surface area contributed by atoms with E-state index in [1.54, 1.807) is 37.3 Å². The Bertz CT molecular complexity index is 1310. The Morgan fingerprint density at radius 3 is 2.42 bits per heavy atom. The standard InChI is InChI=1S/C25H24F3N3O5/c1-3-36-21(33)14-19(29-24(35)30-22-20(32)9-10-31(2)23(22)34)17-11-16(15-7-5-4-6-8-15)12-18(13-17)25(26,27)28/h4-13,19,32H,3,14H2,1-2H3,(H2,29,30,35)/t19-/m0/s1. The molecule has 36 heavy (non-hydrogen) atoms. The molecular formula is C25H24F3N3O5. The maximum Gasteiger partial charge on any atom is 0.416 e. The highest BCUT2D eigenvalue weighted by Gasteiger charge is 2.33. The van der Waals surface area contributed by atoms with Gasteiger partial charge >= 0.3 is 18.2 Å². The molecular weight excluding hydrogens is 479 g/mol. The topological polar surface area (TPSA) is 110 Å². The van der Waals surface area contributed by atoms with Gasteiger partial charge in [-0.1, -0.05) is 30.3 Å². The van der Waals surface area contributed by atoms with E-state index in [-0.39, 0.29) is 17.7 Å². The highest BCUT2D eigenvalue weighted by atomic mass is 19.4. The van der Waals surface area contributed by atoms with Crippen LogP contribution in [0.15, 0.2) is 65.6 Å². The minimum Gasteiger partial charge on any atom is -0.505 e. The predicted octanol–water partition coefficient (Wildman–Crippen LogP) is 4.59. The van der Waals surface area contributed by atoms with Crippen LogP contribution in [0.5, 0.6) is 5.75 Å². The summed E-state index contributed by atoms with van der Waals surface area (Å²) in [5.74, 6) is -1.25. The molecule has 1 aromatic heterocycles. The van der Waals surface area contributed by atoms with E-state index in [9.17, 15) is 32.7 Å². The molecule has 8 nitrogen and oxygen atoms in total. The maximum atomic E-state index is 13.7. The third-order valence-electron chi connectivity index (χ3n) is 5.26. The van der Waals surface area contributed by atoms with Gasteiger partial charge in [0.2, 0.25) is 0 Å². The first-order valence-corrected chi connectivity index (χ1v) is 10.9. The van der Waals surface area contributed by atoms with Gasteiger partial charge in [0.1, 0.15) is 5.75 Å². The van der Waals surface area contributed by atoms with E-state index < -0.39 is 53.2 Å². The van der Waals surface area contributed by atoms with E-state index >= 15 is 0 Å². The van der Waals surface area contributed by atoms with Crippen molar-refractivity contribution < 1.29 is 32.6 Å². The second kappa shape index (κ2) is 11.0. The summed E-state index contributed by atoms with van der Waals surface area (Å²) in [5, 5.41) is 14.6.